The highest BCUT2D eigenvalue weighted by atomic mass is 16.6. The number of nitro groups is 1. The molecule has 196 valence electrons. The van der Waals surface area contributed by atoms with Gasteiger partial charge < -0.3 is 15.3 Å². The zero-order chi connectivity index (χ0) is 26.4. The molecule has 8 nitrogen and oxygen atoms in total. The summed E-state index contributed by atoms with van der Waals surface area (Å²) in [6.45, 7) is 6.91. The largest absolute Gasteiger partial charge is 0.395 e. The van der Waals surface area contributed by atoms with Crippen LogP contribution in [0.2, 0.25) is 0 Å². The number of piperazine rings is 1. The fourth-order valence-electron chi connectivity index (χ4n) is 5.21. The van der Waals surface area contributed by atoms with Crippen molar-refractivity contribution in [2.75, 3.05) is 26.2 Å². The number of amides is 1. The Kier molecular flexibility index (Phi) is 8.87. The lowest BCUT2D eigenvalue weighted by molar-refractivity contribution is -0.384. The topological polar surface area (TPSA) is 99.0 Å². The van der Waals surface area contributed by atoms with Crippen molar-refractivity contribution < 1.29 is 14.8 Å². The number of fused-ring (bicyclic) bond motifs is 1. The number of nitro benzene ring substituents is 1. The number of nitrogens with zero attached hydrogens (tertiary/aromatic N) is 3. The van der Waals surface area contributed by atoms with E-state index in [0.29, 0.717) is 32.1 Å². The molecule has 0 saturated carbocycles. The Morgan fingerprint density at radius 3 is 2.54 bits per heavy atom. The molecule has 0 spiro atoms. The van der Waals surface area contributed by atoms with Crippen molar-refractivity contribution in [3.8, 4) is 0 Å². The lowest BCUT2D eigenvalue weighted by atomic mass is 9.98. The fourth-order valence-corrected chi connectivity index (χ4v) is 5.21. The molecule has 3 atom stereocenters. The van der Waals surface area contributed by atoms with Crippen molar-refractivity contribution in [1.29, 1.82) is 0 Å². The second kappa shape index (κ2) is 12.3. The van der Waals surface area contributed by atoms with Crippen LogP contribution in [0.5, 0.6) is 0 Å². The molecule has 2 N–H and O–H groups in total. The summed E-state index contributed by atoms with van der Waals surface area (Å²) in [5.41, 5.74) is 1.70. The molecule has 1 amide bonds. The first kappa shape index (κ1) is 26.7. The van der Waals surface area contributed by atoms with Gasteiger partial charge >= 0.3 is 0 Å². The van der Waals surface area contributed by atoms with Gasteiger partial charge in [0.05, 0.1) is 11.5 Å². The van der Waals surface area contributed by atoms with E-state index in [1.165, 1.54) is 12.1 Å². The summed E-state index contributed by atoms with van der Waals surface area (Å²) in [7, 11) is 0. The standard InChI is InChI=1S/C29H36N4O4/c1-3-21(2)32-16-15-31(29(35)28-10-6-8-23-7-4-5-9-27(23)28)19-26(32)17-24(20-34)30-18-22-11-13-25(14-12-22)33(36)37/h4-14,21,24,26,30,34H,3,15-20H2,1-2H3/t21?,24?,26-/m0/s1. The number of benzene rings is 3. The molecule has 0 radical (unpaired) electrons. The van der Waals surface area contributed by atoms with Crippen LogP contribution in [0.25, 0.3) is 10.8 Å². The van der Waals surface area contributed by atoms with E-state index in [4.69, 9.17) is 0 Å². The van der Waals surface area contributed by atoms with E-state index >= 15 is 0 Å². The second-order valence-electron chi connectivity index (χ2n) is 9.85. The first-order valence-corrected chi connectivity index (χ1v) is 13.0. The minimum Gasteiger partial charge on any atom is -0.395 e. The molecule has 37 heavy (non-hydrogen) atoms. The Balaban J connectivity index is 1.47. The number of carbonyl (C=O) groups is 1. The highest BCUT2D eigenvalue weighted by Gasteiger charge is 2.33. The van der Waals surface area contributed by atoms with Crippen molar-refractivity contribution in [1.82, 2.24) is 15.1 Å². The van der Waals surface area contributed by atoms with Crippen LogP contribution >= 0.6 is 0 Å². The number of aliphatic hydroxyl groups excluding tert-OH is 1. The molecule has 8 heteroatoms. The van der Waals surface area contributed by atoms with Crippen LogP contribution < -0.4 is 5.32 Å². The van der Waals surface area contributed by atoms with E-state index < -0.39 is 4.92 Å². The van der Waals surface area contributed by atoms with Crippen molar-refractivity contribution in [2.45, 2.75) is 51.4 Å². The van der Waals surface area contributed by atoms with Gasteiger partial charge in [-0.15, -0.1) is 0 Å². The first-order valence-electron chi connectivity index (χ1n) is 13.0. The predicted molar refractivity (Wildman–Crippen MR) is 146 cm³/mol. The summed E-state index contributed by atoms with van der Waals surface area (Å²) in [4.78, 5) is 28.6. The van der Waals surface area contributed by atoms with Gasteiger partial charge in [0, 0.05) is 62.0 Å². The summed E-state index contributed by atoms with van der Waals surface area (Å²) < 4.78 is 0. The Morgan fingerprint density at radius 2 is 1.84 bits per heavy atom. The average Bonchev–Trinajstić information content (AvgIpc) is 2.94. The monoisotopic (exact) mass is 504 g/mol. The maximum absolute atomic E-state index is 13.6. The van der Waals surface area contributed by atoms with E-state index in [-0.39, 0.29) is 30.3 Å². The van der Waals surface area contributed by atoms with Crippen molar-refractivity contribution in [2.24, 2.45) is 0 Å². The van der Waals surface area contributed by atoms with Crippen molar-refractivity contribution >= 4 is 22.4 Å². The molecule has 0 aromatic heterocycles. The Bertz CT molecular complexity index is 1210. The van der Waals surface area contributed by atoms with E-state index in [9.17, 15) is 20.0 Å². The minimum absolute atomic E-state index is 0.0326. The van der Waals surface area contributed by atoms with Gasteiger partial charge in [-0.2, -0.15) is 0 Å². The normalized spacial score (nSPS) is 18.0. The third-order valence-electron chi connectivity index (χ3n) is 7.51. The van der Waals surface area contributed by atoms with Gasteiger partial charge in [-0.05, 0) is 42.2 Å². The molecular formula is C29H36N4O4. The van der Waals surface area contributed by atoms with Crippen LogP contribution in [-0.2, 0) is 6.54 Å². The van der Waals surface area contributed by atoms with E-state index in [0.717, 1.165) is 34.9 Å². The Hall–Kier alpha value is -3.33. The molecule has 3 aromatic carbocycles. The number of non-ortho nitro benzene ring substituents is 1. The van der Waals surface area contributed by atoms with Gasteiger partial charge in [0.1, 0.15) is 0 Å². The van der Waals surface area contributed by atoms with Crippen LogP contribution in [0, 0.1) is 10.1 Å². The molecule has 1 heterocycles. The molecule has 1 aliphatic heterocycles. The predicted octanol–water partition coefficient (Wildman–Crippen LogP) is 4.21. The van der Waals surface area contributed by atoms with Gasteiger partial charge in [-0.1, -0.05) is 55.5 Å². The number of nitrogens with one attached hydrogen (secondary N) is 1. The number of carbonyl (C=O) groups excluding carboxylic acids is 1. The molecule has 1 fully saturated rings. The van der Waals surface area contributed by atoms with E-state index in [2.05, 4.69) is 24.1 Å². The lowest BCUT2D eigenvalue weighted by Crippen LogP contribution is -2.58. The molecule has 3 aromatic rings. The zero-order valence-electron chi connectivity index (χ0n) is 21.5. The molecule has 0 bridgehead atoms. The van der Waals surface area contributed by atoms with Crippen LogP contribution in [0.3, 0.4) is 0 Å². The fraction of sp³-hybridized carbons (Fsp3) is 0.414. The highest BCUT2D eigenvalue weighted by molar-refractivity contribution is 6.07. The molecule has 1 aliphatic rings. The number of rotatable bonds is 10. The summed E-state index contributed by atoms with van der Waals surface area (Å²) >= 11 is 0. The lowest BCUT2D eigenvalue weighted by Gasteiger charge is -2.45. The molecule has 0 aliphatic carbocycles. The molecule has 4 rings (SSSR count). The van der Waals surface area contributed by atoms with Crippen LogP contribution in [0.15, 0.2) is 66.7 Å². The number of aliphatic hydroxyl groups is 1. The highest BCUT2D eigenvalue weighted by Crippen LogP contribution is 2.24. The summed E-state index contributed by atoms with van der Waals surface area (Å²) in [6, 6.07) is 20.6. The Labute approximate surface area is 218 Å². The van der Waals surface area contributed by atoms with Crippen molar-refractivity contribution in [3.05, 3.63) is 88.0 Å². The molecule has 1 saturated heterocycles. The third-order valence-corrected chi connectivity index (χ3v) is 7.51. The maximum atomic E-state index is 13.6. The van der Waals surface area contributed by atoms with Crippen LogP contribution in [0.1, 0.15) is 42.6 Å². The van der Waals surface area contributed by atoms with Crippen molar-refractivity contribution in [3.63, 3.8) is 0 Å². The third kappa shape index (κ3) is 6.33. The Morgan fingerprint density at radius 1 is 1.11 bits per heavy atom. The summed E-state index contributed by atoms with van der Waals surface area (Å²) in [6.07, 6.45) is 1.70. The summed E-state index contributed by atoms with van der Waals surface area (Å²) in [5.74, 6) is 0.0463. The number of hydrogen-bond acceptors (Lipinski definition) is 6. The average molecular weight is 505 g/mol. The maximum Gasteiger partial charge on any atom is 0.269 e. The summed E-state index contributed by atoms with van der Waals surface area (Å²) in [5, 5.41) is 26.5. The number of hydrogen-bond donors (Lipinski definition) is 2. The first-order chi connectivity index (χ1) is 17.9. The smallest absolute Gasteiger partial charge is 0.269 e. The van der Waals surface area contributed by atoms with Gasteiger partial charge in [0.25, 0.3) is 11.6 Å². The molecule has 2 unspecified atom stereocenters. The molecular weight excluding hydrogens is 468 g/mol. The SMILES string of the molecule is CCC(C)N1CCN(C(=O)c2cccc3ccccc23)C[C@@H]1CC(CO)NCc1ccc([N+](=O)[O-])cc1. The quantitative estimate of drug-likeness (QED) is 0.317. The van der Waals surface area contributed by atoms with Gasteiger partial charge in [0.2, 0.25) is 0 Å². The van der Waals surface area contributed by atoms with Crippen LogP contribution in [-0.4, -0.2) is 70.1 Å². The second-order valence-corrected chi connectivity index (χ2v) is 9.85. The van der Waals surface area contributed by atoms with E-state index in [1.54, 1.807) is 12.1 Å². The van der Waals surface area contributed by atoms with E-state index in [1.807, 2.05) is 47.4 Å². The zero-order valence-corrected chi connectivity index (χ0v) is 21.5. The van der Waals surface area contributed by atoms with Crippen LogP contribution in [0.4, 0.5) is 5.69 Å². The minimum atomic E-state index is -0.411. The van der Waals surface area contributed by atoms with Gasteiger partial charge in [0.15, 0.2) is 0 Å². The van der Waals surface area contributed by atoms with Gasteiger partial charge in [-0.25, -0.2) is 0 Å². The van der Waals surface area contributed by atoms with Gasteiger partial charge in [-0.3, -0.25) is 19.8 Å².